The molecule has 2 heterocycles. The molecule has 4 rings (SSSR count). The van der Waals surface area contributed by atoms with Crippen LogP contribution in [-0.2, 0) is 24.2 Å². The van der Waals surface area contributed by atoms with Crippen molar-refractivity contribution in [2.24, 2.45) is 5.92 Å². The Morgan fingerprint density at radius 3 is 3.00 bits per heavy atom. The zero-order valence-corrected chi connectivity index (χ0v) is 18.3. The lowest BCUT2D eigenvalue weighted by Gasteiger charge is -2.17. The summed E-state index contributed by atoms with van der Waals surface area (Å²) in [6.07, 6.45) is 2.89. The molecule has 7 nitrogen and oxygen atoms in total. The first-order valence-electron chi connectivity index (χ1n) is 9.70. The van der Waals surface area contributed by atoms with E-state index in [4.69, 9.17) is 9.15 Å². The van der Waals surface area contributed by atoms with E-state index in [0.29, 0.717) is 22.2 Å². The number of benzene rings is 1. The van der Waals surface area contributed by atoms with Crippen LogP contribution in [0.2, 0.25) is 0 Å². The second-order valence-corrected chi connectivity index (χ2v) is 9.24. The fourth-order valence-electron chi connectivity index (χ4n) is 3.28. The lowest BCUT2D eigenvalue weighted by atomic mass is 9.89. The van der Waals surface area contributed by atoms with Gasteiger partial charge in [0, 0.05) is 4.88 Å². The van der Waals surface area contributed by atoms with Gasteiger partial charge in [-0.2, -0.15) is 5.26 Å². The van der Waals surface area contributed by atoms with Gasteiger partial charge in [0.2, 0.25) is 5.91 Å². The summed E-state index contributed by atoms with van der Waals surface area (Å²) in [5, 5.41) is 21.0. The summed E-state index contributed by atoms with van der Waals surface area (Å²) in [4.78, 5) is 13.6. The lowest BCUT2D eigenvalue weighted by Crippen LogP contribution is -2.14. The van der Waals surface area contributed by atoms with Crippen LogP contribution < -0.4 is 10.1 Å². The first-order chi connectivity index (χ1) is 15.0. The largest absolute Gasteiger partial charge is 0.484 e. The Morgan fingerprint density at radius 1 is 1.42 bits per heavy atom. The van der Waals surface area contributed by atoms with Gasteiger partial charge in [0.1, 0.15) is 22.6 Å². The zero-order valence-electron chi connectivity index (χ0n) is 16.7. The molecule has 1 aliphatic carbocycles. The Labute approximate surface area is 186 Å². The maximum absolute atomic E-state index is 12.9. The third-order valence-electron chi connectivity index (χ3n) is 4.83. The van der Waals surface area contributed by atoms with Crippen LogP contribution in [0.5, 0.6) is 5.75 Å². The number of aromatic nitrogens is 2. The number of hydrogen-bond acceptors (Lipinski definition) is 8. The molecule has 1 atom stereocenters. The van der Waals surface area contributed by atoms with Gasteiger partial charge in [-0.1, -0.05) is 18.7 Å². The number of hydrogen-bond donors (Lipinski definition) is 1. The minimum absolute atomic E-state index is 0.0378. The second kappa shape index (κ2) is 9.49. The molecule has 1 aliphatic rings. The van der Waals surface area contributed by atoms with E-state index in [1.807, 2.05) is 0 Å². The summed E-state index contributed by atoms with van der Waals surface area (Å²) in [5.74, 6) is 0.811. The highest BCUT2D eigenvalue weighted by molar-refractivity contribution is 7.99. The summed E-state index contributed by atoms with van der Waals surface area (Å²) < 4.78 is 23.8. The summed E-state index contributed by atoms with van der Waals surface area (Å²) >= 11 is 2.60. The van der Waals surface area contributed by atoms with Crippen LogP contribution >= 0.6 is 23.1 Å². The summed E-state index contributed by atoms with van der Waals surface area (Å²) in [6, 6.07) is 7.85. The molecule has 0 aliphatic heterocycles. The predicted octanol–water partition coefficient (Wildman–Crippen LogP) is 4.58. The highest BCUT2D eigenvalue weighted by atomic mass is 32.2. The van der Waals surface area contributed by atoms with Gasteiger partial charge in [0.15, 0.2) is 6.61 Å². The first-order valence-corrected chi connectivity index (χ1v) is 11.5. The number of fused-ring (bicyclic) bond motifs is 1. The molecule has 1 unspecified atom stereocenters. The van der Waals surface area contributed by atoms with Gasteiger partial charge in [-0.05, 0) is 55.0 Å². The first kappa shape index (κ1) is 21.3. The lowest BCUT2D eigenvalue weighted by molar-refractivity contribution is -0.113. The van der Waals surface area contributed by atoms with Crippen molar-refractivity contribution in [1.29, 1.82) is 5.26 Å². The van der Waals surface area contributed by atoms with Crippen LogP contribution in [0.15, 0.2) is 33.9 Å². The number of ether oxygens (including phenoxy) is 1. The van der Waals surface area contributed by atoms with Crippen LogP contribution in [0.25, 0.3) is 0 Å². The average Bonchev–Trinajstić information content (AvgIpc) is 3.35. The number of nitrogens with zero attached hydrogens (tertiary/aromatic N) is 3. The van der Waals surface area contributed by atoms with Crippen molar-refractivity contribution in [3.8, 4) is 11.8 Å². The number of thioether (sulfide) groups is 1. The fourth-order valence-corrected chi connectivity index (χ4v) is 5.24. The maximum Gasteiger partial charge on any atom is 0.277 e. The van der Waals surface area contributed by atoms with Crippen LogP contribution in [0.4, 0.5) is 9.39 Å². The van der Waals surface area contributed by atoms with Gasteiger partial charge in [-0.3, -0.25) is 4.79 Å². The average molecular weight is 459 g/mol. The Morgan fingerprint density at radius 2 is 2.23 bits per heavy atom. The number of rotatable bonds is 7. The van der Waals surface area contributed by atoms with Crippen LogP contribution in [0.3, 0.4) is 0 Å². The third kappa shape index (κ3) is 5.24. The van der Waals surface area contributed by atoms with E-state index in [-0.39, 0.29) is 35.2 Å². The van der Waals surface area contributed by atoms with Crippen molar-refractivity contribution in [1.82, 2.24) is 10.2 Å². The molecule has 0 spiro atoms. The maximum atomic E-state index is 12.9. The van der Waals surface area contributed by atoms with E-state index in [1.165, 1.54) is 40.5 Å². The van der Waals surface area contributed by atoms with Crippen LogP contribution in [0.1, 0.15) is 35.2 Å². The molecule has 31 heavy (non-hydrogen) atoms. The van der Waals surface area contributed by atoms with Gasteiger partial charge >= 0.3 is 0 Å². The van der Waals surface area contributed by atoms with E-state index in [1.54, 1.807) is 0 Å². The minimum atomic E-state index is -0.346. The normalized spacial score (nSPS) is 15.2. The highest BCUT2D eigenvalue weighted by Gasteiger charge is 2.24. The van der Waals surface area contributed by atoms with Crippen molar-refractivity contribution >= 4 is 34.0 Å². The van der Waals surface area contributed by atoms with Crippen LogP contribution in [0, 0.1) is 23.1 Å². The molecule has 0 radical (unpaired) electrons. The van der Waals surface area contributed by atoms with Gasteiger partial charge in [-0.25, -0.2) is 4.39 Å². The van der Waals surface area contributed by atoms with Gasteiger partial charge < -0.3 is 14.5 Å². The van der Waals surface area contributed by atoms with E-state index in [9.17, 15) is 14.4 Å². The van der Waals surface area contributed by atoms with Crippen molar-refractivity contribution in [2.45, 2.75) is 38.0 Å². The molecule has 2 aromatic heterocycles. The topological polar surface area (TPSA) is 101 Å². The molecule has 3 aromatic rings. The summed E-state index contributed by atoms with van der Waals surface area (Å²) in [7, 11) is 0. The van der Waals surface area contributed by atoms with E-state index in [0.717, 1.165) is 36.6 Å². The standard InChI is InChI=1S/C21H19FN4O3S2/c1-12-2-7-15-16(9-23)20(31-17(15)8-12)24-18(27)11-30-21-26-25-19(29-21)10-28-14-5-3-13(22)4-6-14/h3-6,12H,2,7-8,10-11H2,1H3,(H,24,27). The number of halogens is 1. The smallest absolute Gasteiger partial charge is 0.277 e. The Bertz CT molecular complexity index is 1120. The van der Waals surface area contributed by atoms with E-state index < -0.39 is 0 Å². The second-order valence-electron chi connectivity index (χ2n) is 7.21. The monoisotopic (exact) mass is 458 g/mol. The number of amides is 1. The summed E-state index contributed by atoms with van der Waals surface area (Å²) in [5.41, 5.74) is 1.67. The molecular weight excluding hydrogens is 439 g/mol. The van der Waals surface area contributed by atoms with Crippen molar-refractivity contribution in [3.63, 3.8) is 0 Å². The molecule has 0 fully saturated rings. The van der Waals surface area contributed by atoms with Crippen molar-refractivity contribution in [2.75, 3.05) is 11.1 Å². The van der Waals surface area contributed by atoms with E-state index >= 15 is 0 Å². The molecule has 10 heteroatoms. The molecule has 160 valence electrons. The molecule has 0 saturated carbocycles. The highest BCUT2D eigenvalue weighted by Crippen LogP contribution is 2.39. The third-order valence-corrected chi connectivity index (χ3v) is 6.82. The predicted molar refractivity (Wildman–Crippen MR) is 115 cm³/mol. The minimum Gasteiger partial charge on any atom is -0.484 e. The van der Waals surface area contributed by atoms with Gasteiger partial charge in [0.25, 0.3) is 11.1 Å². The van der Waals surface area contributed by atoms with Gasteiger partial charge in [0.05, 0.1) is 11.3 Å². The molecule has 1 N–H and O–H groups in total. The zero-order chi connectivity index (χ0) is 21.8. The Balaban J connectivity index is 1.30. The van der Waals surface area contributed by atoms with Crippen LogP contribution in [-0.4, -0.2) is 21.9 Å². The number of carbonyl (C=O) groups excluding carboxylic acids is 1. The molecule has 0 saturated heterocycles. The van der Waals surface area contributed by atoms with Crippen molar-refractivity contribution in [3.05, 3.63) is 52.0 Å². The molecular formula is C21H19FN4O3S2. The fraction of sp³-hybridized carbons (Fsp3) is 0.333. The quantitative estimate of drug-likeness (QED) is 0.517. The number of anilines is 1. The Kier molecular flexibility index (Phi) is 6.53. The number of nitrogens with one attached hydrogen (secondary N) is 1. The molecule has 1 aromatic carbocycles. The number of thiophene rings is 1. The number of carbonyl (C=O) groups is 1. The number of nitriles is 1. The van der Waals surface area contributed by atoms with Crippen molar-refractivity contribution < 1.29 is 18.3 Å². The van der Waals surface area contributed by atoms with Gasteiger partial charge in [-0.15, -0.1) is 21.5 Å². The summed E-state index contributed by atoms with van der Waals surface area (Å²) in [6.45, 7) is 2.24. The molecule has 0 bridgehead atoms. The van der Waals surface area contributed by atoms with E-state index in [2.05, 4.69) is 28.5 Å². The Hall–Kier alpha value is -2.90. The molecule has 1 amide bonds. The SMILES string of the molecule is CC1CCc2c(sc(NC(=O)CSc3nnc(COc4ccc(F)cc4)o3)c2C#N)C1.